The molecule has 13 nitrogen and oxygen atoms in total. The topological polar surface area (TPSA) is 194 Å². The van der Waals surface area contributed by atoms with Gasteiger partial charge in [0.25, 0.3) is 5.95 Å². The van der Waals surface area contributed by atoms with Gasteiger partial charge in [-0.3, -0.25) is 15.2 Å². The van der Waals surface area contributed by atoms with Crippen LogP contribution in [-0.2, 0) is 11.2 Å². The van der Waals surface area contributed by atoms with E-state index in [0.29, 0.717) is 17.9 Å². The number of nitrogen functional groups attached to an aromatic ring is 1. The molecule has 0 amide bonds. The second-order valence-corrected chi connectivity index (χ2v) is 8.59. The van der Waals surface area contributed by atoms with Gasteiger partial charge in [0.2, 0.25) is 0 Å². The highest BCUT2D eigenvalue weighted by Gasteiger charge is 2.26. The number of aliphatic hydroxyl groups is 1. The molecule has 14 heteroatoms. The molecule has 0 unspecified atom stereocenters. The second kappa shape index (κ2) is 12.2. The predicted octanol–water partition coefficient (Wildman–Crippen LogP) is 1.83. The normalized spacial score (nSPS) is 11.6. The van der Waals surface area contributed by atoms with Crippen LogP contribution in [0, 0.1) is 11.2 Å². The number of methoxy groups -OCH3 is 1. The number of nitrogens with one attached hydrogen (secondary N) is 3. The predicted molar refractivity (Wildman–Crippen MR) is 142 cm³/mol. The number of aromatic nitrogens is 5. The molecule has 2 aromatic heterocycles. The van der Waals surface area contributed by atoms with Gasteiger partial charge in [-0.05, 0) is 48.7 Å². The van der Waals surface area contributed by atoms with E-state index >= 15 is 4.39 Å². The van der Waals surface area contributed by atoms with Gasteiger partial charge in [-0.2, -0.15) is 0 Å². The smallest absolute Gasteiger partial charge is 0.350 e. The van der Waals surface area contributed by atoms with Crippen LogP contribution < -0.4 is 26.2 Å². The first kappa shape index (κ1) is 27.9. The van der Waals surface area contributed by atoms with E-state index < -0.39 is 23.5 Å². The van der Waals surface area contributed by atoms with E-state index in [2.05, 4.69) is 25.4 Å². The summed E-state index contributed by atoms with van der Waals surface area (Å²) in [4.78, 5) is 35.2. The molecular weight excluding hydrogens is 523 g/mol. The zero-order valence-corrected chi connectivity index (χ0v) is 21.6. The lowest BCUT2D eigenvalue weighted by Gasteiger charge is -2.22. The standard InChI is InChI=1S/C26H27FN8O5/c1-14(37)40-20-12-16(6-7-18(20)23(28)29)32-22(19-13-17(39-2)11-15(21(19)27)5-3-10-36)24-33-26(38)35(34-24)25-30-8-4-9-31-25/h4,6-9,11-13,22,32,36H,3,5,10H2,1-2H3,(H3,28,29)(H,33,34,38)/t22-/m0/s1. The minimum absolute atomic E-state index is 0.00598. The van der Waals surface area contributed by atoms with Gasteiger partial charge in [-0.1, -0.05) is 0 Å². The average molecular weight is 551 g/mol. The Kier molecular flexibility index (Phi) is 8.49. The highest BCUT2D eigenvalue weighted by molar-refractivity contribution is 5.98. The average Bonchev–Trinajstić information content (AvgIpc) is 3.32. The number of hydrogen-bond acceptors (Lipinski definition) is 10. The molecule has 0 spiro atoms. The molecule has 2 heterocycles. The third-order valence-corrected chi connectivity index (χ3v) is 5.79. The van der Waals surface area contributed by atoms with Crippen LogP contribution in [-0.4, -0.2) is 55.4 Å². The van der Waals surface area contributed by atoms with E-state index in [4.69, 9.17) is 20.6 Å². The molecule has 0 aliphatic rings. The van der Waals surface area contributed by atoms with E-state index in [1.165, 1.54) is 50.7 Å². The number of ether oxygens (including phenoxy) is 2. The number of benzene rings is 2. The maximum Gasteiger partial charge on any atom is 0.350 e. The number of carbonyl (C=O) groups excluding carboxylic acids is 1. The fourth-order valence-electron chi connectivity index (χ4n) is 4.00. The summed E-state index contributed by atoms with van der Waals surface area (Å²) in [5.74, 6) is -1.17. The first-order valence-corrected chi connectivity index (χ1v) is 12.1. The summed E-state index contributed by atoms with van der Waals surface area (Å²) in [6.45, 7) is 1.07. The maximum absolute atomic E-state index is 16.0. The highest BCUT2D eigenvalue weighted by atomic mass is 19.1. The Morgan fingerprint density at radius 1 is 1.27 bits per heavy atom. The minimum Gasteiger partial charge on any atom is -0.497 e. The van der Waals surface area contributed by atoms with Crippen molar-refractivity contribution in [3.05, 3.63) is 87.6 Å². The van der Waals surface area contributed by atoms with Gasteiger partial charge < -0.3 is 25.6 Å². The van der Waals surface area contributed by atoms with E-state index in [1.54, 1.807) is 12.1 Å². The Morgan fingerprint density at radius 2 is 2.02 bits per heavy atom. The van der Waals surface area contributed by atoms with Crippen LogP contribution in [0.25, 0.3) is 5.95 Å². The summed E-state index contributed by atoms with van der Waals surface area (Å²) in [6.07, 6.45) is 3.44. The van der Waals surface area contributed by atoms with Gasteiger partial charge in [0.15, 0.2) is 5.82 Å². The van der Waals surface area contributed by atoms with Crippen molar-refractivity contribution in [3.63, 3.8) is 0 Å². The third kappa shape index (κ3) is 6.13. The van der Waals surface area contributed by atoms with Crippen LogP contribution in [0.5, 0.6) is 11.5 Å². The maximum atomic E-state index is 16.0. The first-order chi connectivity index (χ1) is 19.2. The van der Waals surface area contributed by atoms with Gasteiger partial charge in [0.1, 0.15) is 29.2 Å². The summed E-state index contributed by atoms with van der Waals surface area (Å²) in [6, 6.07) is 7.91. The molecule has 0 saturated carbocycles. The molecule has 208 valence electrons. The van der Waals surface area contributed by atoms with Crippen molar-refractivity contribution in [1.82, 2.24) is 24.7 Å². The molecule has 2 aromatic carbocycles. The molecule has 4 rings (SSSR count). The first-order valence-electron chi connectivity index (χ1n) is 12.1. The fourth-order valence-corrected chi connectivity index (χ4v) is 4.00. The van der Waals surface area contributed by atoms with Crippen LogP contribution in [0.3, 0.4) is 0 Å². The van der Waals surface area contributed by atoms with Crippen molar-refractivity contribution in [2.45, 2.75) is 25.8 Å². The van der Waals surface area contributed by atoms with Crippen LogP contribution in [0.15, 0.2) is 53.6 Å². The largest absolute Gasteiger partial charge is 0.497 e. The lowest BCUT2D eigenvalue weighted by Crippen LogP contribution is -2.19. The van der Waals surface area contributed by atoms with Gasteiger partial charge in [0.05, 0.1) is 12.7 Å². The van der Waals surface area contributed by atoms with Gasteiger partial charge >= 0.3 is 11.7 Å². The molecule has 0 saturated heterocycles. The molecule has 0 aliphatic carbocycles. The molecule has 0 fully saturated rings. The quantitative estimate of drug-likeness (QED) is 0.0796. The number of aliphatic hydroxyl groups excluding tert-OH is 1. The fraction of sp³-hybridized carbons (Fsp3) is 0.231. The SMILES string of the molecule is COc1cc(CCCO)c(F)c([C@H](Nc2ccc(C(=N)N)c(OC(C)=O)c2)c2nn(-c3ncccn3)c(=O)[nH]2)c1. The summed E-state index contributed by atoms with van der Waals surface area (Å²) in [7, 11) is 1.43. The number of H-pyrrole nitrogens is 1. The van der Waals surface area contributed by atoms with Crippen LogP contribution in [0.1, 0.15) is 41.9 Å². The number of nitrogens with two attached hydrogens (primary N) is 1. The minimum atomic E-state index is -1.10. The zero-order valence-electron chi connectivity index (χ0n) is 21.6. The number of hydrogen-bond donors (Lipinski definition) is 5. The molecule has 0 bridgehead atoms. The monoisotopic (exact) mass is 550 g/mol. The Labute approximate surface area is 227 Å². The van der Waals surface area contributed by atoms with Crippen LogP contribution in [0.4, 0.5) is 10.1 Å². The van der Waals surface area contributed by atoms with Crippen LogP contribution in [0.2, 0.25) is 0 Å². The van der Waals surface area contributed by atoms with Gasteiger partial charge in [0, 0.05) is 43.2 Å². The summed E-state index contributed by atoms with van der Waals surface area (Å²) in [5, 5.41) is 24.5. The number of esters is 1. The Balaban J connectivity index is 1.88. The molecule has 0 aliphatic heterocycles. The second-order valence-electron chi connectivity index (χ2n) is 8.59. The third-order valence-electron chi connectivity index (χ3n) is 5.79. The molecule has 40 heavy (non-hydrogen) atoms. The van der Waals surface area contributed by atoms with E-state index in [1.807, 2.05) is 0 Å². The number of amidine groups is 1. The van der Waals surface area contributed by atoms with Gasteiger partial charge in [-0.15, -0.1) is 9.78 Å². The highest BCUT2D eigenvalue weighted by Crippen LogP contribution is 2.33. The van der Waals surface area contributed by atoms with Crippen LogP contribution >= 0.6 is 0 Å². The number of aryl methyl sites for hydroxylation is 1. The molecule has 1 atom stereocenters. The lowest BCUT2D eigenvalue weighted by molar-refractivity contribution is -0.131. The molecule has 6 N–H and O–H groups in total. The van der Waals surface area contributed by atoms with E-state index in [0.717, 1.165) is 4.68 Å². The zero-order chi connectivity index (χ0) is 28.8. The summed E-state index contributed by atoms with van der Waals surface area (Å²) < 4.78 is 27.5. The number of nitrogens with zero attached hydrogens (tertiary/aromatic N) is 4. The van der Waals surface area contributed by atoms with Crippen molar-refractivity contribution in [2.24, 2.45) is 5.73 Å². The summed E-state index contributed by atoms with van der Waals surface area (Å²) >= 11 is 0. The number of aromatic amines is 1. The van der Waals surface area contributed by atoms with Crippen molar-refractivity contribution in [2.75, 3.05) is 19.0 Å². The van der Waals surface area contributed by atoms with Crippen molar-refractivity contribution in [3.8, 4) is 17.4 Å². The number of anilines is 1. The van der Waals surface area contributed by atoms with E-state index in [-0.39, 0.29) is 53.1 Å². The molecule has 4 aromatic rings. The number of rotatable bonds is 11. The summed E-state index contributed by atoms with van der Waals surface area (Å²) in [5.41, 5.74) is 5.84. The Bertz CT molecular complexity index is 1590. The van der Waals surface area contributed by atoms with Crippen molar-refractivity contribution in [1.29, 1.82) is 5.41 Å². The van der Waals surface area contributed by atoms with Crippen molar-refractivity contribution < 1.29 is 23.8 Å². The van der Waals surface area contributed by atoms with Crippen molar-refractivity contribution >= 4 is 17.5 Å². The Hall–Kier alpha value is -5.11. The number of carbonyl (C=O) groups is 1. The molecular formula is C26H27FN8O5. The van der Waals surface area contributed by atoms with Gasteiger partial charge in [-0.25, -0.2) is 19.2 Å². The van der Waals surface area contributed by atoms with E-state index in [9.17, 15) is 14.7 Å². The Morgan fingerprint density at radius 3 is 2.67 bits per heavy atom. The number of halogens is 1. The lowest BCUT2D eigenvalue weighted by atomic mass is 9.98. The molecule has 0 radical (unpaired) electrons.